The molecular weight excluding hydrogens is 234 g/mol. The van der Waals surface area contributed by atoms with Gasteiger partial charge >= 0.3 is 0 Å². The molecule has 0 radical (unpaired) electrons. The topological polar surface area (TPSA) is 110 Å². The lowest BCUT2D eigenvalue weighted by molar-refractivity contribution is -0.133. The highest BCUT2D eigenvalue weighted by molar-refractivity contribution is 5.87. The molecule has 0 fully saturated rings. The number of likely N-dealkylation sites (N-methyl/N-ethyl adjacent to an activating group) is 1. The molecule has 0 aliphatic heterocycles. The first-order chi connectivity index (χ1) is 8.41. The number of phenols is 1. The zero-order valence-electron chi connectivity index (χ0n) is 10.2. The predicted molar refractivity (Wildman–Crippen MR) is 66.4 cm³/mol. The van der Waals surface area contributed by atoms with E-state index in [4.69, 9.17) is 11.5 Å². The van der Waals surface area contributed by atoms with E-state index >= 15 is 0 Å². The molecule has 1 aromatic rings. The Morgan fingerprint density at radius 2 is 2.00 bits per heavy atom. The summed E-state index contributed by atoms with van der Waals surface area (Å²) in [4.78, 5) is 23.8. The van der Waals surface area contributed by atoms with Crippen molar-refractivity contribution < 1.29 is 14.7 Å². The molecule has 1 aromatic carbocycles. The second kappa shape index (κ2) is 6.02. The first-order valence-corrected chi connectivity index (χ1v) is 5.47. The highest BCUT2D eigenvalue weighted by Gasteiger charge is 2.20. The molecule has 0 heterocycles. The van der Waals surface area contributed by atoms with Gasteiger partial charge in [0.25, 0.3) is 0 Å². The second-order valence-corrected chi connectivity index (χ2v) is 4.10. The van der Waals surface area contributed by atoms with E-state index in [-0.39, 0.29) is 18.7 Å². The van der Waals surface area contributed by atoms with Crippen molar-refractivity contribution in [2.45, 2.75) is 19.0 Å². The molecule has 0 aliphatic rings. The van der Waals surface area contributed by atoms with Gasteiger partial charge in [-0.05, 0) is 6.07 Å². The van der Waals surface area contributed by atoms with Crippen LogP contribution in [-0.4, -0.2) is 34.9 Å². The van der Waals surface area contributed by atoms with Crippen LogP contribution >= 0.6 is 0 Å². The number of nitrogens with two attached hydrogens (primary N) is 2. The Balaban J connectivity index is 2.65. The number of nitrogens with zero attached hydrogens (tertiary/aromatic N) is 1. The molecule has 1 unspecified atom stereocenters. The number of carbonyl (C=O) groups excluding carboxylic acids is 2. The molecule has 1 atom stereocenters. The van der Waals surface area contributed by atoms with Gasteiger partial charge in [-0.25, -0.2) is 0 Å². The second-order valence-electron chi connectivity index (χ2n) is 4.10. The number of primary amides is 1. The lowest BCUT2D eigenvalue weighted by atomic mass is 10.1. The summed E-state index contributed by atoms with van der Waals surface area (Å²) in [6.07, 6.45) is -0.191. The van der Waals surface area contributed by atoms with Gasteiger partial charge in [-0.3, -0.25) is 9.59 Å². The molecule has 1 rings (SSSR count). The van der Waals surface area contributed by atoms with Crippen molar-refractivity contribution in [3.8, 4) is 5.75 Å². The summed E-state index contributed by atoms with van der Waals surface area (Å²) in [7, 11) is 1.55. The smallest absolute Gasteiger partial charge is 0.240 e. The van der Waals surface area contributed by atoms with Crippen LogP contribution in [0.3, 0.4) is 0 Å². The van der Waals surface area contributed by atoms with Crippen LogP contribution in [0.5, 0.6) is 5.75 Å². The summed E-state index contributed by atoms with van der Waals surface area (Å²) in [6.45, 7) is 0.220. The molecular formula is C12H17N3O3. The number of amides is 2. The zero-order chi connectivity index (χ0) is 13.7. The number of benzene rings is 1. The lowest BCUT2D eigenvalue weighted by Gasteiger charge is -2.21. The monoisotopic (exact) mass is 251 g/mol. The van der Waals surface area contributed by atoms with Crippen LogP contribution in [0, 0.1) is 0 Å². The van der Waals surface area contributed by atoms with Crippen LogP contribution in [-0.2, 0) is 16.1 Å². The minimum Gasteiger partial charge on any atom is -0.508 e. The molecule has 6 heteroatoms. The van der Waals surface area contributed by atoms with E-state index in [1.54, 1.807) is 25.2 Å². The van der Waals surface area contributed by atoms with E-state index in [1.165, 1.54) is 11.0 Å². The summed E-state index contributed by atoms with van der Waals surface area (Å²) in [6, 6.07) is 5.75. The highest BCUT2D eigenvalue weighted by Crippen LogP contribution is 2.17. The maximum absolute atomic E-state index is 11.8. The van der Waals surface area contributed by atoms with Crippen LogP contribution in [0.4, 0.5) is 0 Å². The number of para-hydroxylation sites is 1. The maximum Gasteiger partial charge on any atom is 0.240 e. The minimum atomic E-state index is -0.946. The zero-order valence-corrected chi connectivity index (χ0v) is 10.2. The molecule has 0 saturated carbocycles. The Kier molecular flexibility index (Phi) is 4.67. The Morgan fingerprint density at radius 3 is 2.56 bits per heavy atom. The number of hydrogen-bond acceptors (Lipinski definition) is 4. The van der Waals surface area contributed by atoms with E-state index in [9.17, 15) is 14.7 Å². The van der Waals surface area contributed by atoms with Crippen molar-refractivity contribution in [2.24, 2.45) is 11.5 Å². The van der Waals surface area contributed by atoms with Crippen LogP contribution in [0.1, 0.15) is 12.0 Å². The lowest BCUT2D eigenvalue weighted by Crippen LogP contribution is -2.43. The van der Waals surface area contributed by atoms with Gasteiger partial charge in [0.1, 0.15) is 5.75 Å². The number of phenolic OH excluding ortho intramolecular Hbond substituents is 1. The molecule has 0 aliphatic carbocycles. The summed E-state index contributed by atoms with van der Waals surface area (Å²) in [5.41, 5.74) is 11.1. The van der Waals surface area contributed by atoms with E-state index < -0.39 is 17.9 Å². The molecule has 6 nitrogen and oxygen atoms in total. The maximum atomic E-state index is 11.8. The summed E-state index contributed by atoms with van der Waals surface area (Å²) >= 11 is 0. The van der Waals surface area contributed by atoms with Crippen molar-refractivity contribution >= 4 is 11.8 Å². The van der Waals surface area contributed by atoms with Gasteiger partial charge in [-0.2, -0.15) is 0 Å². The average molecular weight is 251 g/mol. The fraction of sp³-hybridized carbons (Fsp3) is 0.333. The van der Waals surface area contributed by atoms with E-state index in [0.717, 1.165) is 0 Å². The van der Waals surface area contributed by atoms with Gasteiger partial charge in [0.05, 0.1) is 12.5 Å². The molecule has 0 spiro atoms. The third-order valence-electron chi connectivity index (χ3n) is 2.51. The van der Waals surface area contributed by atoms with Gasteiger partial charge in [0.2, 0.25) is 11.8 Å². The number of carbonyl (C=O) groups is 2. The van der Waals surface area contributed by atoms with E-state index in [2.05, 4.69) is 0 Å². The molecule has 98 valence electrons. The first-order valence-electron chi connectivity index (χ1n) is 5.47. The third kappa shape index (κ3) is 3.74. The predicted octanol–water partition coefficient (Wildman–Crippen LogP) is -0.447. The molecule has 18 heavy (non-hydrogen) atoms. The van der Waals surface area contributed by atoms with Crippen LogP contribution < -0.4 is 11.5 Å². The molecule has 2 amide bonds. The molecule has 0 saturated heterocycles. The minimum absolute atomic E-state index is 0.112. The summed E-state index contributed by atoms with van der Waals surface area (Å²) in [5, 5.41) is 9.58. The fourth-order valence-electron chi connectivity index (χ4n) is 1.57. The third-order valence-corrected chi connectivity index (χ3v) is 2.51. The largest absolute Gasteiger partial charge is 0.508 e. The van der Waals surface area contributed by atoms with Gasteiger partial charge in [-0.15, -0.1) is 0 Å². The average Bonchev–Trinajstić information content (AvgIpc) is 2.30. The fourth-order valence-corrected chi connectivity index (χ4v) is 1.57. The summed E-state index contributed by atoms with van der Waals surface area (Å²) < 4.78 is 0. The Bertz CT molecular complexity index is 448. The Hall–Kier alpha value is -2.08. The van der Waals surface area contributed by atoms with Crippen LogP contribution in [0.15, 0.2) is 24.3 Å². The van der Waals surface area contributed by atoms with Crippen molar-refractivity contribution in [2.75, 3.05) is 7.05 Å². The van der Waals surface area contributed by atoms with Crippen molar-refractivity contribution in [1.29, 1.82) is 0 Å². The molecule has 5 N–H and O–H groups in total. The van der Waals surface area contributed by atoms with Crippen LogP contribution in [0.25, 0.3) is 0 Å². The Morgan fingerprint density at radius 1 is 1.39 bits per heavy atom. The van der Waals surface area contributed by atoms with Crippen molar-refractivity contribution in [3.63, 3.8) is 0 Å². The number of hydrogen-bond donors (Lipinski definition) is 3. The molecule has 0 bridgehead atoms. The molecule has 0 aromatic heterocycles. The highest BCUT2D eigenvalue weighted by atomic mass is 16.3. The van der Waals surface area contributed by atoms with Crippen LogP contribution in [0.2, 0.25) is 0 Å². The normalized spacial score (nSPS) is 11.9. The number of aromatic hydroxyl groups is 1. The van der Waals surface area contributed by atoms with Gasteiger partial charge in [-0.1, -0.05) is 18.2 Å². The van der Waals surface area contributed by atoms with E-state index in [1.807, 2.05) is 0 Å². The standard InChI is InChI=1S/C12H17N3O3/c1-15(12(18)9(13)6-11(14)17)7-8-4-2-3-5-10(8)16/h2-5,9,16H,6-7,13H2,1H3,(H2,14,17). The van der Waals surface area contributed by atoms with Gasteiger partial charge in [0.15, 0.2) is 0 Å². The Labute approximate surface area is 105 Å². The van der Waals surface area contributed by atoms with Crippen molar-refractivity contribution in [3.05, 3.63) is 29.8 Å². The van der Waals surface area contributed by atoms with Crippen molar-refractivity contribution in [1.82, 2.24) is 4.90 Å². The van der Waals surface area contributed by atoms with Gasteiger partial charge < -0.3 is 21.5 Å². The van der Waals surface area contributed by atoms with Gasteiger partial charge in [0, 0.05) is 19.2 Å². The van der Waals surface area contributed by atoms with E-state index in [0.29, 0.717) is 5.56 Å². The first kappa shape index (κ1) is 14.0. The SMILES string of the molecule is CN(Cc1ccccc1O)C(=O)C(N)CC(N)=O. The quantitative estimate of drug-likeness (QED) is 0.658. The summed E-state index contributed by atoms with van der Waals surface area (Å²) in [5.74, 6) is -0.899. The number of rotatable bonds is 5.